The van der Waals surface area contributed by atoms with E-state index in [1.807, 2.05) is 26.0 Å². The van der Waals surface area contributed by atoms with Crippen LogP contribution in [0.1, 0.15) is 0 Å². The zero-order chi connectivity index (χ0) is 6.28. The Kier molecular flexibility index (Phi) is 15.1. The minimum absolute atomic E-state index is 1.22. The van der Waals surface area contributed by atoms with Crippen molar-refractivity contribution in [2.75, 3.05) is 21.1 Å². The predicted octanol–water partition coefficient (Wildman–Crippen LogP) is 0.999. The summed E-state index contributed by atoms with van der Waals surface area (Å²) >= 11 is 2.29. The fourth-order valence-electron chi connectivity index (χ4n) is 0. The minimum Gasteiger partial charge on any atom is -0.312 e. The third-order valence-electron chi connectivity index (χ3n) is 0. The highest BCUT2D eigenvalue weighted by Gasteiger charge is 1.58. The van der Waals surface area contributed by atoms with Gasteiger partial charge in [-0.1, -0.05) is 6.82 Å². The molecule has 0 aromatic heterocycles. The van der Waals surface area contributed by atoms with Gasteiger partial charge in [-0.05, 0) is 21.1 Å². The van der Waals surface area contributed by atoms with E-state index >= 15 is 0 Å². The molecule has 0 atom stereocenters. The Bertz CT molecular complexity index is 22.9. The van der Waals surface area contributed by atoms with E-state index in [1.165, 1.54) is 5.14 Å². The molecular formula is C4H13BIN. The van der Waals surface area contributed by atoms with Crippen LogP contribution in [0.25, 0.3) is 0 Å². The smallest absolute Gasteiger partial charge is 0.196 e. The second-order valence-electron chi connectivity index (χ2n) is 1.61. The molecule has 0 amide bonds. The van der Waals surface area contributed by atoms with Gasteiger partial charge in [-0.3, -0.25) is 0 Å². The maximum Gasteiger partial charge on any atom is 0.196 e. The summed E-state index contributed by atoms with van der Waals surface area (Å²) in [6, 6.07) is 0. The van der Waals surface area contributed by atoms with Gasteiger partial charge in [-0.15, -0.1) is 0 Å². The Labute approximate surface area is 60.6 Å². The van der Waals surface area contributed by atoms with Gasteiger partial charge in [0.1, 0.15) is 0 Å². The van der Waals surface area contributed by atoms with Crippen molar-refractivity contribution >= 4 is 27.5 Å². The molecule has 0 aromatic carbocycles. The lowest BCUT2D eigenvalue weighted by atomic mass is 10.2. The number of hydrogen-bond acceptors (Lipinski definition) is 1. The van der Waals surface area contributed by atoms with Crippen molar-refractivity contribution in [3.63, 3.8) is 0 Å². The standard InChI is InChI=1S/C3H9N.CH4BI/c1-4(2)3;1-2-3/h1-3H3;2H,1H3. The summed E-state index contributed by atoms with van der Waals surface area (Å²) in [6.07, 6.45) is 0. The molecule has 0 rings (SSSR count). The SMILES string of the molecule is CBI.CN(C)C. The third kappa shape index (κ3) is 268. The molecule has 0 bridgehead atoms. The first-order chi connectivity index (χ1) is 3.15. The molecule has 0 unspecified atom stereocenters. The van der Waals surface area contributed by atoms with Crippen molar-refractivity contribution in [1.29, 1.82) is 0 Å². The summed E-state index contributed by atoms with van der Waals surface area (Å²) < 4.78 is 0. The maximum absolute atomic E-state index is 2.29. The molecule has 0 radical (unpaired) electrons. The minimum atomic E-state index is 1.22. The van der Waals surface area contributed by atoms with E-state index in [2.05, 4.69) is 29.2 Å². The van der Waals surface area contributed by atoms with Gasteiger partial charge >= 0.3 is 0 Å². The number of nitrogens with zero attached hydrogens (tertiary/aromatic N) is 1. The average Bonchev–Trinajstić information content (AvgIpc) is 1.33. The van der Waals surface area contributed by atoms with Crippen molar-refractivity contribution in [3.05, 3.63) is 0 Å². The molecule has 0 N–H and O–H groups in total. The molecule has 0 heterocycles. The van der Waals surface area contributed by atoms with Gasteiger partial charge in [-0.2, -0.15) is 22.4 Å². The van der Waals surface area contributed by atoms with Crippen LogP contribution in [0.5, 0.6) is 0 Å². The Morgan fingerprint density at radius 3 is 1.29 bits per heavy atom. The topological polar surface area (TPSA) is 3.24 Å². The summed E-state index contributed by atoms with van der Waals surface area (Å²) in [5, 5.41) is 1.22. The van der Waals surface area contributed by atoms with Crippen LogP contribution in [0.3, 0.4) is 0 Å². The van der Waals surface area contributed by atoms with Gasteiger partial charge in [-0.25, -0.2) is 0 Å². The fraction of sp³-hybridized carbons (Fsp3) is 1.00. The summed E-state index contributed by atoms with van der Waals surface area (Å²) in [5.41, 5.74) is 0. The lowest BCUT2D eigenvalue weighted by molar-refractivity contribution is 0.505. The first-order valence-electron chi connectivity index (χ1n) is 2.32. The van der Waals surface area contributed by atoms with Crippen molar-refractivity contribution in [2.45, 2.75) is 6.82 Å². The van der Waals surface area contributed by atoms with Crippen LogP contribution >= 0.6 is 22.4 Å². The molecular weight excluding hydrogens is 200 g/mol. The van der Waals surface area contributed by atoms with Gasteiger partial charge in [0.15, 0.2) is 5.14 Å². The van der Waals surface area contributed by atoms with E-state index in [-0.39, 0.29) is 0 Å². The monoisotopic (exact) mass is 213 g/mol. The molecule has 0 aliphatic rings. The largest absolute Gasteiger partial charge is 0.312 e. The Balaban J connectivity index is 0. The fourth-order valence-corrected chi connectivity index (χ4v) is 0. The van der Waals surface area contributed by atoms with Gasteiger partial charge in [0.05, 0.1) is 0 Å². The summed E-state index contributed by atoms with van der Waals surface area (Å²) in [6.45, 7) is 2.11. The zero-order valence-electron chi connectivity index (χ0n) is 5.53. The molecule has 1 nitrogen and oxygen atoms in total. The summed E-state index contributed by atoms with van der Waals surface area (Å²) in [5.74, 6) is 0. The van der Waals surface area contributed by atoms with Gasteiger partial charge in [0, 0.05) is 0 Å². The lowest BCUT2D eigenvalue weighted by Gasteiger charge is -1.90. The van der Waals surface area contributed by atoms with Crippen LogP contribution in [0, 0.1) is 0 Å². The maximum atomic E-state index is 2.29. The number of halogens is 1. The summed E-state index contributed by atoms with van der Waals surface area (Å²) in [7, 11) is 6.00. The van der Waals surface area contributed by atoms with Gasteiger partial charge in [0.2, 0.25) is 0 Å². The number of rotatable bonds is 0. The molecule has 0 saturated heterocycles. The van der Waals surface area contributed by atoms with E-state index in [0.29, 0.717) is 0 Å². The molecule has 0 aliphatic heterocycles. The first kappa shape index (κ1) is 10.7. The first-order valence-corrected chi connectivity index (χ1v) is 3.84. The molecule has 0 saturated carbocycles. The second-order valence-corrected chi connectivity index (χ2v) is 3.13. The second kappa shape index (κ2) is 9.89. The predicted molar refractivity (Wildman–Crippen MR) is 46.6 cm³/mol. The summed E-state index contributed by atoms with van der Waals surface area (Å²) in [4.78, 5) is 2.00. The van der Waals surface area contributed by atoms with E-state index < -0.39 is 0 Å². The molecule has 0 aliphatic carbocycles. The molecule has 0 fully saturated rings. The number of hydrogen-bond donors (Lipinski definition) is 0. The van der Waals surface area contributed by atoms with Crippen LogP contribution < -0.4 is 0 Å². The highest BCUT2D eigenvalue weighted by atomic mass is 127. The Morgan fingerprint density at radius 2 is 1.29 bits per heavy atom. The highest BCUT2D eigenvalue weighted by molar-refractivity contribution is 14.1. The van der Waals surface area contributed by atoms with E-state index in [9.17, 15) is 0 Å². The zero-order valence-corrected chi connectivity index (χ0v) is 7.69. The lowest BCUT2D eigenvalue weighted by Crippen LogP contribution is -1.99. The molecule has 3 heteroatoms. The van der Waals surface area contributed by atoms with E-state index in [1.54, 1.807) is 0 Å². The van der Waals surface area contributed by atoms with Crippen LogP contribution in [-0.2, 0) is 0 Å². The highest BCUT2D eigenvalue weighted by Crippen LogP contribution is 1.64. The average molecular weight is 213 g/mol. The molecule has 0 aromatic rings. The molecule has 7 heavy (non-hydrogen) atoms. The van der Waals surface area contributed by atoms with Gasteiger partial charge in [0.25, 0.3) is 0 Å². The van der Waals surface area contributed by atoms with Crippen molar-refractivity contribution in [3.8, 4) is 0 Å². The third-order valence-corrected chi connectivity index (χ3v) is 0. The molecule has 0 spiro atoms. The van der Waals surface area contributed by atoms with E-state index in [0.717, 1.165) is 0 Å². The Hall–Kier alpha value is 0.755. The molecule has 44 valence electrons. The van der Waals surface area contributed by atoms with E-state index in [4.69, 9.17) is 0 Å². The normalized spacial score (nSPS) is 7.14. The van der Waals surface area contributed by atoms with Crippen LogP contribution in [-0.4, -0.2) is 31.2 Å². The van der Waals surface area contributed by atoms with Crippen molar-refractivity contribution in [1.82, 2.24) is 4.90 Å². The van der Waals surface area contributed by atoms with Crippen LogP contribution in [0.2, 0.25) is 6.82 Å². The quantitative estimate of drug-likeness (QED) is 0.428. The van der Waals surface area contributed by atoms with Crippen LogP contribution in [0.4, 0.5) is 0 Å². The van der Waals surface area contributed by atoms with Crippen LogP contribution in [0.15, 0.2) is 0 Å². The van der Waals surface area contributed by atoms with Crippen molar-refractivity contribution < 1.29 is 0 Å². The Morgan fingerprint density at radius 1 is 1.29 bits per heavy atom. The van der Waals surface area contributed by atoms with Gasteiger partial charge < -0.3 is 4.90 Å². The van der Waals surface area contributed by atoms with Crippen molar-refractivity contribution in [2.24, 2.45) is 0 Å².